The van der Waals surface area contributed by atoms with Gasteiger partial charge in [-0.15, -0.1) is 0 Å². The highest BCUT2D eigenvalue weighted by molar-refractivity contribution is 5.84. The molecule has 4 aromatic carbocycles. The quantitative estimate of drug-likeness (QED) is 0.0948. The lowest BCUT2D eigenvalue weighted by Gasteiger charge is -2.22. The first-order valence-electron chi connectivity index (χ1n) is 14.6. The van der Waals surface area contributed by atoms with Gasteiger partial charge in [0.05, 0.1) is 47.8 Å². The summed E-state index contributed by atoms with van der Waals surface area (Å²) < 4.78 is 10.9. The number of aromatic hydroxyl groups is 2. The SMILES string of the molecule is CC(C(=O)OCCCOC(=O)C(C)c1ccc(O)c(N2Nc3ccccc3N2)c1)c1ccc(O)c(N2Nc3ccccc3N2)c1. The van der Waals surface area contributed by atoms with Crippen molar-refractivity contribution in [2.75, 3.05) is 45.2 Å². The molecule has 2 aliphatic rings. The van der Waals surface area contributed by atoms with E-state index >= 15 is 0 Å². The normalized spacial score (nSPS) is 14.2. The first kappa shape index (κ1) is 29.3. The molecule has 6 rings (SSSR count). The maximum Gasteiger partial charge on any atom is 0.313 e. The second kappa shape index (κ2) is 12.4. The molecule has 0 amide bonds. The molecule has 12 nitrogen and oxygen atoms in total. The molecule has 0 fully saturated rings. The van der Waals surface area contributed by atoms with E-state index in [0.29, 0.717) is 28.9 Å². The Morgan fingerprint density at radius 2 is 0.978 bits per heavy atom. The van der Waals surface area contributed by atoms with Gasteiger partial charge in [-0.1, -0.05) is 36.4 Å². The number of carbonyl (C=O) groups is 2. The van der Waals surface area contributed by atoms with Gasteiger partial charge in [0.25, 0.3) is 0 Å². The van der Waals surface area contributed by atoms with Gasteiger partial charge in [0, 0.05) is 6.42 Å². The monoisotopic (exact) mass is 610 g/mol. The zero-order chi connectivity index (χ0) is 31.5. The summed E-state index contributed by atoms with van der Waals surface area (Å²) in [5, 5.41) is 24.1. The fourth-order valence-corrected chi connectivity index (χ4v) is 5.04. The Morgan fingerprint density at radius 1 is 0.622 bits per heavy atom. The van der Waals surface area contributed by atoms with Crippen LogP contribution in [0.15, 0.2) is 84.9 Å². The van der Waals surface area contributed by atoms with Crippen LogP contribution in [0.25, 0.3) is 0 Å². The van der Waals surface area contributed by atoms with Gasteiger partial charge in [-0.2, -0.15) is 10.2 Å². The Balaban J connectivity index is 0.971. The Hall–Kier alpha value is -5.78. The maximum absolute atomic E-state index is 12.8. The van der Waals surface area contributed by atoms with Gasteiger partial charge in [0.15, 0.2) is 0 Å². The molecule has 2 heterocycles. The fourth-order valence-electron chi connectivity index (χ4n) is 5.04. The third kappa shape index (κ3) is 6.16. The van der Waals surface area contributed by atoms with Crippen molar-refractivity contribution in [2.45, 2.75) is 32.1 Å². The molecule has 0 saturated heterocycles. The summed E-state index contributed by atoms with van der Waals surface area (Å²) in [4.78, 5) is 25.6. The second-order valence-electron chi connectivity index (χ2n) is 10.8. The Labute approximate surface area is 260 Å². The Kier molecular flexibility index (Phi) is 8.10. The number of hydrogen-bond donors (Lipinski definition) is 6. The van der Waals surface area contributed by atoms with Gasteiger partial charge < -0.3 is 19.7 Å². The first-order valence-corrected chi connectivity index (χ1v) is 14.6. The molecule has 12 heteroatoms. The lowest BCUT2D eigenvalue weighted by molar-refractivity contribution is -0.147. The van der Waals surface area contributed by atoms with Crippen LogP contribution in [-0.4, -0.2) is 35.4 Å². The molecule has 2 aliphatic heterocycles. The Bertz CT molecular complexity index is 1560. The minimum absolute atomic E-state index is 0.0432. The van der Waals surface area contributed by atoms with Crippen molar-refractivity contribution in [3.63, 3.8) is 0 Å². The topological polar surface area (TPSA) is 148 Å². The number of ether oxygens (including phenoxy) is 2. The van der Waals surface area contributed by atoms with Crippen molar-refractivity contribution in [3.05, 3.63) is 96.1 Å². The van der Waals surface area contributed by atoms with E-state index in [2.05, 4.69) is 21.7 Å². The molecular weight excluding hydrogens is 576 g/mol. The van der Waals surface area contributed by atoms with Crippen LogP contribution in [0.3, 0.4) is 0 Å². The van der Waals surface area contributed by atoms with Crippen LogP contribution in [0.2, 0.25) is 0 Å². The second-order valence-corrected chi connectivity index (χ2v) is 10.8. The predicted molar refractivity (Wildman–Crippen MR) is 172 cm³/mol. The van der Waals surface area contributed by atoms with E-state index in [-0.39, 0.29) is 24.7 Å². The summed E-state index contributed by atoms with van der Waals surface area (Å²) in [5.41, 5.74) is 18.4. The number of rotatable bonds is 10. The summed E-state index contributed by atoms with van der Waals surface area (Å²) in [7, 11) is 0. The van der Waals surface area contributed by atoms with Crippen LogP contribution >= 0.6 is 0 Å². The van der Waals surface area contributed by atoms with E-state index in [4.69, 9.17) is 9.47 Å². The molecular formula is C33H34N6O6. The highest BCUT2D eigenvalue weighted by Gasteiger charge is 2.25. The van der Waals surface area contributed by atoms with Crippen LogP contribution < -0.4 is 31.9 Å². The minimum Gasteiger partial charge on any atom is -0.506 e. The van der Waals surface area contributed by atoms with E-state index in [9.17, 15) is 19.8 Å². The maximum atomic E-state index is 12.8. The first-order chi connectivity index (χ1) is 21.8. The van der Waals surface area contributed by atoms with Crippen molar-refractivity contribution in [2.24, 2.45) is 0 Å². The lowest BCUT2D eigenvalue weighted by Crippen LogP contribution is -2.29. The average molecular weight is 611 g/mol. The number of benzene rings is 4. The van der Waals surface area contributed by atoms with Crippen molar-refractivity contribution < 1.29 is 29.3 Å². The van der Waals surface area contributed by atoms with Gasteiger partial charge >= 0.3 is 11.9 Å². The fraction of sp³-hybridized carbons (Fsp3) is 0.212. The van der Waals surface area contributed by atoms with Crippen molar-refractivity contribution >= 4 is 46.1 Å². The molecule has 0 bridgehead atoms. The van der Waals surface area contributed by atoms with Crippen LogP contribution in [0, 0.1) is 0 Å². The van der Waals surface area contributed by atoms with Crippen LogP contribution in [0.4, 0.5) is 34.1 Å². The van der Waals surface area contributed by atoms with Crippen molar-refractivity contribution in [3.8, 4) is 11.5 Å². The third-order valence-electron chi connectivity index (χ3n) is 7.75. The highest BCUT2D eigenvalue weighted by atomic mass is 16.5. The minimum atomic E-state index is -0.590. The van der Waals surface area contributed by atoms with E-state index in [1.54, 1.807) is 48.3 Å². The number of hydrogen-bond acceptors (Lipinski definition) is 12. The van der Waals surface area contributed by atoms with Crippen LogP contribution in [0.1, 0.15) is 43.2 Å². The van der Waals surface area contributed by atoms with Gasteiger partial charge in [-0.05, 0) is 73.5 Å². The summed E-state index contributed by atoms with van der Waals surface area (Å²) in [5.74, 6) is -1.95. The number of carbonyl (C=O) groups excluding carboxylic acids is 2. The molecule has 4 aromatic rings. The Morgan fingerprint density at radius 3 is 1.33 bits per heavy atom. The molecule has 232 valence electrons. The molecule has 45 heavy (non-hydrogen) atoms. The lowest BCUT2D eigenvalue weighted by atomic mass is 10.0. The number of nitrogens with zero attached hydrogens (tertiary/aromatic N) is 2. The summed E-state index contributed by atoms with van der Waals surface area (Å²) in [6, 6.07) is 25.1. The smallest absolute Gasteiger partial charge is 0.313 e. The molecule has 2 unspecified atom stereocenters. The molecule has 0 aromatic heterocycles. The van der Waals surface area contributed by atoms with E-state index in [0.717, 1.165) is 22.7 Å². The summed E-state index contributed by atoms with van der Waals surface area (Å²) >= 11 is 0. The van der Waals surface area contributed by atoms with Crippen LogP contribution in [-0.2, 0) is 19.1 Å². The molecule has 0 aliphatic carbocycles. The number of esters is 2. The molecule has 0 saturated carbocycles. The number of fused-ring (bicyclic) bond motifs is 2. The predicted octanol–water partition coefficient (Wildman–Crippen LogP) is 5.83. The zero-order valence-electron chi connectivity index (χ0n) is 24.8. The zero-order valence-corrected chi connectivity index (χ0v) is 24.8. The number of para-hydroxylation sites is 4. The highest BCUT2D eigenvalue weighted by Crippen LogP contribution is 2.38. The molecule has 2 atom stereocenters. The number of phenols is 2. The van der Waals surface area contributed by atoms with E-state index in [1.165, 1.54) is 12.1 Å². The largest absolute Gasteiger partial charge is 0.506 e. The number of phenolic OH excluding ortho intramolecular Hbond substituents is 2. The standard InChI is InChI=1S/C33H34N6O6/c1-20(22-12-14-30(40)28(18-22)38-34-24-8-3-4-9-25(24)35-38)32(42)44-16-7-17-45-33(43)21(2)23-13-15-31(41)29(19-23)39-36-26-10-5-6-11-27(26)37-39/h3-6,8-15,18-21,34-37,40-41H,7,16-17H2,1-2H3. The number of nitrogens with one attached hydrogen (secondary N) is 4. The average Bonchev–Trinajstić information content (AvgIpc) is 3.69. The summed E-state index contributed by atoms with van der Waals surface area (Å²) in [6.45, 7) is 3.63. The number of hydrazine groups is 4. The van der Waals surface area contributed by atoms with Gasteiger partial charge in [0.1, 0.15) is 22.9 Å². The molecule has 6 N–H and O–H groups in total. The van der Waals surface area contributed by atoms with E-state index in [1.807, 2.05) is 48.5 Å². The van der Waals surface area contributed by atoms with Gasteiger partial charge in [-0.3, -0.25) is 31.3 Å². The van der Waals surface area contributed by atoms with Crippen molar-refractivity contribution in [1.82, 2.24) is 0 Å². The van der Waals surface area contributed by atoms with Gasteiger partial charge in [0.2, 0.25) is 0 Å². The number of anilines is 6. The third-order valence-corrected chi connectivity index (χ3v) is 7.75. The molecule has 0 radical (unpaired) electrons. The molecule has 0 spiro atoms. The van der Waals surface area contributed by atoms with Gasteiger partial charge in [-0.25, -0.2) is 0 Å². The summed E-state index contributed by atoms with van der Waals surface area (Å²) in [6.07, 6.45) is 0.332. The van der Waals surface area contributed by atoms with Crippen LogP contribution in [0.5, 0.6) is 11.5 Å². The van der Waals surface area contributed by atoms with E-state index < -0.39 is 23.8 Å². The van der Waals surface area contributed by atoms with Crippen molar-refractivity contribution in [1.29, 1.82) is 0 Å².